The van der Waals surface area contributed by atoms with Gasteiger partial charge in [-0.2, -0.15) is 0 Å². The van der Waals surface area contributed by atoms with Gasteiger partial charge in [0, 0.05) is 31.8 Å². The van der Waals surface area contributed by atoms with Crippen molar-refractivity contribution in [3.8, 4) is 0 Å². The van der Waals surface area contributed by atoms with Crippen LogP contribution >= 0.6 is 0 Å². The standard InChI is InChI=1S/C16H30N2O3/c1-16(2,3)21-15(20)18-9-6-13(7-10-18)17-14(8-11-19)12-4-5-12/h12-14,17,19H,4-11H2,1-3H3. The molecule has 1 atom stereocenters. The van der Waals surface area contributed by atoms with Gasteiger partial charge < -0.3 is 20.1 Å². The van der Waals surface area contributed by atoms with Crippen LogP contribution in [0.5, 0.6) is 0 Å². The van der Waals surface area contributed by atoms with Crippen molar-refractivity contribution in [3.05, 3.63) is 0 Å². The summed E-state index contributed by atoms with van der Waals surface area (Å²) in [5.41, 5.74) is -0.426. The third-order valence-corrected chi connectivity index (χ3v) is 4.23. The number of hydrogen-bond acceptors (Lipinski definition) is 4. The molecular weight excluding hydrogens is 268 g/mol. The number of hydrogen-bond donors (Lipinski definition) is 2. The Hall–Kier alpha value is -0.810. The molecule has 0 spiro atoms. The number of nitrogens with zero attached hydrogens (tertiary/aromatic N) is 1. The summed E-state index contributed by atoms with van der Waals surface area (Å²) in [6.45, 7) is 7.45. The second-order valence-electron chi connectivity index (χ2n) is 7.36. The second-order valence-corrected chi connectivity index (χ2v) is 7.36. The molecule has 1 aliphatic heterocycles. The first kappa shape index (κ1) is 16.6. The molecule has 1 aliphatic carbocycles. The van der Waals surface area contributed by atoms with Gasteiger partial charge in [-0.1, -0.05) is 0 Å². The maximum absolute atomic E-state index is 12.0. The van der Waals surface area contributed by atoms with Gasteiger partial charge in [-0.15, -0.1) is 0 Å². The van der Waals surface area contributed by atoms with Crippen molar-refractivity contribution < 1.29 is 14.6 Å². The van der Waals surface area contributed by atoms with Gasteiger partial charge in [-0.05, 0) is 58.8 Å². The van der Waals surface area contributed by atoms with Gasteiger partial charge in [0.1, 0.15) is 5.60 Å². The molecule has 0 bridgehead atoms. The highest BCUT2D eigenvalue weighted by molar-refractivity contribution is 5.68. The molecule has 1 heterocycles. The molecule has 2 fully saturated rings. The Morgan fingerprint density at radius 2 is 1.90 bits per heavy atom. The van der Waals surface area contributed by atoms with E-state index in [1.807, 2.05) is 25.7 Å². The van der Waals surface area contributed by atoms with Crippen LogP contribution in [0.25, 0.3) is 0 Å². The highest BCUT2D eigenvalue weighted by Gasteiger charge is 2.33. The maximum Gasteiger partial charge on any atom is 0.410 e. The lowest BCUT2D eigenvalue weighted by molar-refractivity contribution is 0.0194. The molecule has 122 valence electrons. The van der Waals surface area contributed by atoms with E-state index in [1.165, 1.54) is 12.8 Å². The summed E-state index contributed by atoms with van der Waals surface area (Å²) < 4.78 is 5.41. The summed E-state index contributed by atoms with van der Waals surface area (Å²) in [7, 11) is 0. The van der Waals surface area contributed by atoms with Crippen molar-refractivity contribution in [2.45, 2.75) is 70.6 Å². The van der Waals surface area contributed by atoms with Crippen LogP contribution in [-0.2, 0) is 4.74 Å². The zero-order chi connectivity index (χ0) is 15.5. The molecule has 0 radical (unpaired) electrons. The highest BCUT2D eigenvalue weighted by atomic mass is 16.6. The lowest BCUT2D eigenvalue weighted by Gasteiger charge is -2.35. The monoisotopic (exact) mass is 298 g/mol. The minimum Gasteiger partial charge on any atom is -0.444 e. The molecule has 1 unspecified atom stereocenters. The van der Waals surface area contributed by atoms with Crippen LogP contribution in [0.4, 0.5) is 4.79 Å². The van der Waals surface area contributed by atoms with Gasteiger partial charge in [-0.3, -0.25) is 0 Å². The predicted molar refractivity (Wildman–Crippen MR) is 82.2 cm³/mol. The number of carbonyl (C=O) groups is 1. The van der Waals surface area contributed by atoms with Crippen LogP contribution < -0.4 is 5.32 Å². The number of ether oxygens (including phenoxy) is 1. The van der Waals surface area contributed by atoms with Crippen LogP contribution in [0.3, 0.4) is 0 Å². The number of likely N-dealkylation sites (tertiary alicyclic amines) is 1. The fraction of sp³-hybridized carbons (Fsp3) is 0.938. The van der Waals surface area contributed by atoms with Crippen LogP contribution in [-0.4, -0.2) is 53.5 Å². The predicted octanol–water partition coefficient (Wildman–Crippen LogP) is 2.14. The number of amides is 1. The van der Waals surface area contributed by atoms with E-state index in [1.54, 1.807) is 0 Å². The topological polar surface area (TPSA) is 61.8 Å². The van der Waals surface area contributed by atoms with Crippen LogP contribution in [0.1, 0.15) is 52.9 Å². The summed E-state index contributed by atoms with van der Waals surface area (Å²) in [5.74, 6) is 0.751. The fourth-order valence-electron chi connectivity index (χ4n) is 2.95. The molecule has 1 amide bonds. The lowest BCUT2D eigenvalue weighted by Crippen LogP contribution is -2.49. The second kappa shape index (κ2) is 6.97. The minimum atomic E-state index is -0.426. The van der Waals surface area contributed by atoms with E-state index in [-0.39, 0.29) is 12.7 Å². The average molecular weight is 298 g/mol. The third kappa shape index (κ3) is 5.47. The molecule has 2 N–H and O–H groups in total. The fourth-order valence-corrected chi connectivity index (χ4v) is 2.95. The van der Waals surface area contributed by atoms with E-state index in [0.717, 1.165) is 38.3 Å². The lowest BCUT2D eigenvalue weighted by atomic mass is 10.0. The molecule has 2 aliphatic rings. The summed E-state index contributed by atoms with van der Waals surface area (Å²) in [6, 6.07) is 0.911. The van der Waals surface area contributed by atoms with Gasteiger partial charge >= 0.3 is 6.09 Å². The van der Waals surface area contributed by atoms with Crippen LogP contribution in [0, 0.1) is 5.92 Å². The van der Waals surface area contributed by atoms with E-state index >= 15 is 0 Å². The summed E-state index contributed by atoms with van der Waals surface area (Å²) in [5, 5.41) is 12.8. The minimum absolute atomic E-state index is 0.199. The first-order chi connectivity index (χ1) is 9.89. The van der Waals surface area contributed by atoms with Crippen molar-refractivity contribution in [3.63, 3.8) is 0 Å². The zero-order valence-corrected chi connectivity index (χ0v) is 13.6. The quantitative estimate of drug-likeness (QED) is 0.816. The Morgan fingerprint density at radius 3 is 2.38 bits per heavy atom. The van der Waals surface area contributed by atoms with E-state index in [4.69, 9.17) is 9.84 Å². The molecule has 0 aromatic heterocycles. The summed E-state index contributed by atoms with van der Waals surface area (Å²) in [4.78, 5) is 13.8. The number of carbonyl (C=O) groups excluding carboxylic acids is 1. The van der Waals surface area contributed by atoms with Crippen molar-refractivity contribution >= 4 is 6.09 Å². The smallest absolute Gasteiger partial charge is 0.410 e. The van der Waals surface area contributed by atoms with Crippen LogP contribution in [0.2, 0.25) is 0 Å². The number of rotatable bonds is 5. The molecule has 0 aromatic carbocycles. The molecule has 5 heteroatoms. The maximum atomic E-state index is 12.0. The van der Waals surface area contributed by atoms with E-state index in [2.05, 4.69) is 5.32 Å². The summed E-state index contributed by atoms with van der Waals surface area (Å²) >= 11 is 0. The molecule has 1 saturated heterocycles. The zero-order valence-electron chi connectivity index (χ0n) is 13.6. The Kier molecular flexibility index (Phi) is 5.49. The average Bonchev–Trinajstić information content (AvgIpc) is 3.21. The molecule has 2 rings (SSSR count). The van der Waals surface area contributed by atoms with E-state index in [9.17, 15) is 4.79 Å². The Labute approximate surface area is 128 Å². The molecular formula is C16H30N2O3. The molecule has 1 saturated carbocycles. The van der Waals surface area contributed by atoms with E-state index in [0.29, 0.717) is 12.1 Å². The molecule has 0 aromatic rings. The Bertz CT molecular complexity index is 342. The van der Waals surface area contributed by atoms with Gasteiger partial charge in [0.05, 0.1) is 0 Å². The summed E-state index contributed by atoms with van der Waals surface area (Å²) in [6.07, 6.45) is 5.15. The third-order valence-electron chi connectivity index (χ3n) is 4.23. The van der Waals surface area contributed by atoms with Crippen molar-refractivity contribution in [1.29, 1.82) is 0 Å². The number of nitrogens with one attached hydrogen (secondary N) is 1. The first-order valence-corrected chi connectivity index (χ1v) is 8.24. The van der Waals surface area contributed by atoms with Gasteiger partial charge in [0.25, 0.3) is 0 Å². The molecule has 21 heavy (non-hydrogen) atoms. The normalized spacial score (nSPS) is 22.2. The highest BCUT2D eigenvalue weighted by Crippen LogP contribution is 2.34. The molecule has 5 nitrogen and oxygen atoms in total. The number of aliphatic hydroxyl groups is 1. The SMILES string of the molecule is CC(C)(C)OC(=O)N1CCC(NC(CCO)C2CC2)CC1. The Balaban J connectivity index is 1.73. The van der Waals surface area contributed by atoms with Gasteiger partial charge in [0.15, 0.2) is 0 Å². The van der Waals surface area contributed by atoms with Crippen molar-refractivity contribution in [2.75, 3.05) is 19.7 Å². The van der Waals surface area contributed by atoms with Gasteiger partial charge in [-0.25, -0.2) is 4.79 Å². The van der Waals surface area contributed by atoms with Crippen molar-refractivity contribution in [2.24, 2.45) is 5.92 Å². The van der Waals surface area contributed by atoms with Gasteiger partial charge in [0.2, 0.25) is 0 Å². The number of aliphatic hydroxyl groups excluding tert-OH is 1. The number of piperidine rings is 1. The van der Waals surface area contributed by atoms with Crippen LogP contribution in [0.15, 0.2) is 0 Å². The van der Waals surface area contributed by atoms with Crippen molar-refractivity contribution in [1.82, 2.24) is 10.2 Å². The first-order valence-electron chi connectivity index (χ1n) is 8.24. The largest absolute Gasteiger partial charge is 0.444 e. The van der Waals surface area contributed by atoms with E-state index < -0.39 is 5.60 Å². The Morgan fingerprint density at radius 1 is 1.29 bits per heavy atom.